The van der Waals surface area contributed by atoms with Crippen LogP contribution in [-0.4, -0.2) is 88.6 Å². The summed E-state index contributed by atoms with van der Waals surface area (Å²) in [6.07, 6.45) is 3.69. The normalized spacial score (nSPS) is 16.2. The topological polar surface area (TPSA) is 110 Å². The molecule has 294 valence electrons. The van der Waals surface area contributed by atoms with Crippen LogP contribution in [-0.2, 0) is 9.47 Å². The number of nitrogens with zero attached hydrogens (tertiary/aromatic N) is 5. The number of carbonyl (C=O) groups is 3. The molecule has 15 heteroatoms. The molecule has 0 aromatic heterocycles. The van der Waals surface area contributed by atoms with Gasteiger partial charge in [0, 0.05) is 73.9 Å². The Morgan fingerprint density at radius 3 is 1.79 bits per heavy atom. The number of amides is 5. The maximum atomic E-state index is 16.1. The first-order valence-electron chi connectivity index (χ1n) is 18.9. The van der Waals surface area contributed by atoms with Crippen molar-refractivity contribution >= 4 is 63.7 Å². The molecule has 3 aliphatic heterocycles. The molecule has 0 bridgehead atoms. The highest BCUT2D eigenvalue weighted by atomic mass is 35.5. The smallest absolute Gasteiger partial charge is 0.345 e. The molecule has 0 aliphatic carbocycles. The summed E-state index contributed by atoms with van der Waals surface area (Å²) in [5, 5.41) is 7.97. The van der Waals surface area contributed by atoms with Crippen molar-refractivity contribution in [1.29, 1.82) is 0 Å². The second-order valence-electron chi connectivity index (χ2n) is 13.7. The number of carbonyl (C=O) groups excluding carboxylic acids is 3. The molecule has 0 saturated carbocycles. The lowest BCUT2D eigenvalue weighted by atomic mass is 10.1. The number of halogens is 3. The standard InChI is InChI=1S/C41H44ClF2N7O5/c42-30-7-12-33(13-8-30)50(41(54)46-32-11-15-37(35(43)27-32)48-19-4-23-55-24-20-48)51(34-14-16-38(36(44)28-34)47-17-2-1-3-18-47)40(53)45-31-9-5-29(6-10-31)39(52)49-21-25-56-26-22-49/h5-16,27-28H,1-4,17-26H2,(H,45,53)(H,46,54). The van der Waals surface area contributed by atoms with Gasteiger partial charge in [-0.05, 0) is 105 Å². The number of ether oxygens (including phenoxy) is 2. The summed E-state index contributed by atoms with van der Waals surface area (Å²) >= 11 is 6.24. The minimum atomic E-state index is -0.843. The third-order valence-electron chi connectivity index (χ3n) is 9.97. The Labute approximate surface area is 329 Å². The van der Waals surface area contributed by atoms with Crippen LogP contribution in [0.1, 0.15) is 36.0 Å². The molecule has 4 aromatic carbocycles. The van der Waals surface area contributed by atoms with Crippen LogP contribution in [0.4, 0.5) is 52.5 Å². The molecule has 3 heterocycles. The van der Waals surface area contributed by atoms with E-state index >= 15 is 8.78 Å². The van der Waals surface area contributed by atoms with Gasteiger partial charge < -0.3 is 34.8 Å². The van der Waals surface area contributed by atoms with Crippen molar-refractivity contribution in [2.45, 2.75) is 25.7 Å². The first kappa shape index (κ1) is 38.8. The summed E-state index contributed by atoms with van der Waals surface area (Å²) in [5.41, 5.74) is 1.90. The van der Waals surface area contributed by atoms with Crippen LogP contribution in [0.3, 0.4) is 0 Å². The highest BCUT2D eigenvalue weighted by Gasteiger charge is 2.32. The van der Waals surface area contributed by atoms with Gasteiger partial charge in [0.2, 0.25) is 0 Å². The molecule has 0 atom stereocenters. The zero-order chi connectivity index (χ0) is 39.0. The number of urea groups is 2. The SMILES string of the molecule is O=C(c1ccc(NC(=O)N(c2ccc(N3CCCCC3)c(F)c2)N(C(=O)Nc2ccc(N3CCCOCC3)c(F)c2)c2ccc(Cl)cc2)cc1)N1CCOCC1. The average molecular weight is 788 g/mol. The summed E-state index contributed by atoms with van der Waals surface area (Å²) in [6.45, 7) is 5.50. The molecule has 3 aliphatic rings. The van der Waals surface area contributed by atoms with Crippen molar-refractivity contribution in [3.05, 3.63) is 107 Å². The van der Waals surface area contributed by atoms with Gasteiger partial charge in [-0.25, -0.2) is 18.4 Å². The fraction of sp³-hybridized carbons (Fsp3) is 0.341. The average Bonchev–Trinajstić information content (AvgIpc) is 3.51. The number of nitrogens with one attached hydrogen (secondary N) is 2. The zero-order valence-corrected chi connectivity index (χ0v) is 31.6. The number of morpholine rings is 1. The molecule has 3 saturated heterocycles. The fourth-order valence-corrected chi connectivity index (χ4v) is 7.20. The van der Waals surface area contributed by atoms with E-state index in [0.29, 0.717) is 93.3 Å². The maximum absolute atomic E-state index is 16.1. The first-order valence-corrected chi connectivity index (χ1v) is 19.2. The second-order valence-corrected chi connectivity index (χ2v) is 14.2. The molecule has 3 fully saturated rings. The molecule has 0 spiro atoms. The second kappa shape index (κ2) is 18.0. The third kappa shape index (κ3) is 9.15. The predicted molar refractivity (Wildman–Crippen MR) is 214 cm³/mol. The molecule has 0 radical (unpaired) electrons. The number of hydrazine groups is 1. The van der Waals surface area contributed by atoms with Gasteiger partial charge in [0.25, 0.3) is 5.91 Å². The molecular weight excluding hydrogens is 744 g/mol. The van der Waals surface area contributed by atoms with E-state index in [-0.39, 0.29) is 23.0 Å². The molecular formula is C41H44ClF2N7O5. The minimum absolute atomic E-state index is 0.0369. The van der Waals surface area contributed by atoms with Crippen LogP contribution in [0.25, 0.3) is 0 Å². The van der Waals surface area contributed by atoms with E-state index in [9.17, 15) is 14.4 Å². The van der Waals surface area contributed by atoms with E-state index in [0.717, 1.165) is 35.7 Å². The Balaban J connectivity index is 1.22. The molecule has 7 rings (SSSR count). The Morgan fingerprint density at radius 1 is 0.571 bits per heavy atom. The van der Waals surface area contributed by atoms with Crippen LogP contribution in [0.2, 0.25) is 5.02 Å². The number of benzene rings is 4. The van der Waals surface area contributed by atoms with E-state index in [2.05, 4.69) is 10.6 Å². The minimum Gasteiger partial charge on any atom is -0.380 e. The Morgan fingerprint density at radius 2 is 1.11 bits per heavy atom. The van der Waals surface area contributed by atoms with Gasteiger partial charge >= 0.3 is 12.1 Å². The quantitative estimate of drug-likeness (QED) is 0.183. The summed E-state index contributed by atoms with van der Waals surface area (Å²) in [5.74, 6) is -1.27. The summed E-state index contributed by atoms with van der Waals surface area (Å²) < 4.78 is 42.5. The molecule has 5 amide bonds. The maximum Gasteiger partial charge on any atom is 0.345 e. The van der Waals surface area contributed by atoms with Crippen LogP contribution in [0.5, 0.6) is 0 Å². The lowest BCUT2D eigenvalue weighted by Crippen LogP contribution is -2.54. The van der Waals surface area contributed by atoms with Gasteiger partial charge in [-0.15, -0.1) is 0 Å². The van der Waals surface area contributed by atoms with Crippen LogP contribution < -0.4 is 30.5 Å². The number of hydrogen-bond donors (Lipinski definition) is 2. The summed E-state index contributed by atoms with van der Waals surface area (Å²) in [6, 6.07) is 19.7. The molecule has 56 heavy (non-hydrogen) atoms. The lowest BCUT2D eigenvalue weighted by Gasteiger charge is -2.35. The van der Waals surface area contributed by atoms with Crippen molar-refractivity contribution in [3.8, 4) is 0 Å². The van der Waals surface area contributed by atoms with Gasteiger partial charge in [0.15, 0.2) is 0 Å². The Kier molecular flexibility index (Phi) is 12.5. The molecule has 4 aromatic rings. The van der Waals surface area contributed by atoms with E-state index in [1.807, 2.05) is 9.80 Å². The van der Waals surface area contributed by atoms with E-state index in [1.54, 1.807) is 65.6 Å². The highest BCUT2D eigenvalue weighted by molar-refractivity contribution is 6.30. The van der Waals surface area contributed by atoms with Gasteiger partial charge in [0.05, 0.1) is 42.6 Å². The van der Waals surface area contributed by atoms with Crippen molar-refractivity contribution in [3.63, 3.8) is 0 Å². The number of rotatable bonds is 7. The number of hydrogen-bond acceptors (Lipinski definition) is 7. The predicted octanol–water partition coefficient (Wildman–Crippen LogP) is 8.00. The zero-order valence-electron chi connectivity index (χ0n) is 30.9. The third-order valence-corrected chi connectivity index (χ3v) is 10.2. The number of piperidine rings is 1. The highest BCUT2D eigenvalue weighted by Crippen LogP contribution is 2.32. The van der Waals surface area contributed by atoms with Crippen molar-refractivity contribution in [2.75, 3.05) is 96.1 Å². The van der Waals surface area contributed by atoms with Crippen molar-refractivity contribution in [1.82, 2.24) is 4.90 Å². The summed E-state index contributed by atoms with van der Waals surface area (Å²) in [4.78, 5) is 47.6. The van der Waals surface area contributed by atoms with E-state index in [4.69, 9.17) is 21.1 Å². The Hall–Kier alpha value is -5.44. The first-order chi connectivity index (χ1) is 27.2. The van der Waals surface area contributed by atoms with Crippen LogP contribution >= 0.6 is 11.6 Å². The van der Waals surface area contributed by atoms with Gasteiger partial charge in [-0.2, -0.15) is 10.0 Å². The van der Waals surface area contributed by atoms with Crippen molar-refractivity contribution in [2.24, 2.45) is 0 Å². The fourth-order valence-electron chi connectivity index (χ4n) is 7.07. The van der Waals surface area contributed by atoms with Gasteiger partial charge in [-0.1, -0.05) is 11.6 Å². The Bertz CT molecular complexity index is 2000. The van der Waals surface area contributed by atoms with Gasteiger partial charge in [-0.3, -0.25) is 4.79 Å². The van der Waals surface area contributed by atoms with Gasteiger partial charge in [0.1, 0.15) is 11.6 Å². The largest absolute Gasteiger partial charge is 0.380 e. The van der Waals surface area contributed by atoms with E-state index < -0.39 is 23.7 Å². The summed E-state index contributed by atoms with van der Waals surface area (Å²) in [7, 11) is 0. The molecule has 0 unspecified atom stereocenters. The van der Waals surface area contributed by atoms with E-state index in [1.165, 1.54) is 24.3 Å². The molecule has 2 N–H and O–H groups in total. The van der Waals surface area contributed by atoms with Crippen LogP contribution in [0, 0.1) is 11.6 Å². The number of anilines is 6. The molecule has 12 nitrogen and oxygen atoms in total. The van der Waals surface area contributed by atoms with Crippen molar-refractivity contribution < 1.29 is 32.6 Å². The monoisotopic (exact) mass is 787 g/mol. The van der Waals surface area contributed by atoms with Crippen LogP contribution in [0.15, 0.2) is 84.9 Å². The lowest BCUT2D eigenvalue weighted by molar-refractivity contribution is 0.0303.